The van der Waals surface area contributed by atoms with Crippen molar-refractivity contribution in [2.75, 3.05) is 13.1 Å². The molecular weight excluding hydrogens is 196 g/mol. The number of hydrogen-bond acceptors (Lipinski definition) is 2. The Morgan fingerprint density at radius 2 is 2.12 bits per heavy atom. The molecule has 0 radical (unpaired) electrons. The van der Waals surface area contributed by atoms with Crippen molar-refractivity contribution in [3.63, 3.8) is 0 Å². The van der Waals surface area contributed by atoms with Crippen LogP contribution in [0.4, 0.5) is 0 Å². The molecule has 2 aliphatic rings. The molecule has 3 N–H and O–H groups in total. The molecule has 0 spiro atoms. The summed E-state index contributed by atoms with van der Waals surface area (Å²) < 4.78 is 0. The van der Waals surface area contributed by atoms with Gasteiger partial charge in [0.15, 0.2) is 0 Å². The highest BCUT2D eigenvalue weighted by atomic mass is 15.0. The van der Waals surface area contributed by atoms with E-state index in [0.29, 0.717) is 0 Å². The summed E-state index contributed by atoms with van der Waals surface area (Å²) in [5.41, 5.74) is 6.36. The van der Waals surface area contributed by atoms with Crippen LogP contribution in [0.5, 0.6) is 0 Å². The van der Waals surface area contributed by atoms with Gasteiger partial charge < -0.3 is 11.1 Å². The highest BCUT2D eigenvalue weighted by molar-refractivity contribution is 4.99. The largest absolute Gasteiger partial charge is 0.329 e. The second-order valence-electron chi connectivity index (χ2n) is 6.07. The Kier molecular flexibility index (Phi) is 3.91. The van der Waals surface area contributed by atoms with Gasteiger partial charge in [0.25, 0.3) is 0 Å². The highest BCUT2D eigenvalue weighted by Gasteiger charge is 2.40. The Hall–Kier alpha value is -0.0800. The summed E-state index contributed by atoms with van der Waals surface area (Å²) in [5, 5.41) is 3.85. The molecule has 94 valence electrons. The van der Waals surface area contributed by atoms with Gasteiger partial charge in [-0.1, -0.05) is 33.1 Å². The van der Waals surface area contributed by atoms with E-state index in [9.17, 15) is 0 Å². The summed E-state index contributed by atoms with van der Waals surface area (Å²) in [4.78, 5) is 0. The molecule has 2 nitrogen and oxygen atoms in total. The van der Waals surface area contributed by atoms with Crippen molar-refractivity contribution in [3.05, 3.63) is 0 Å². The average Bonchev–Trinajstić information content (AvgIpc) is 3.03. The van der Waals surface area contributed by atoms with Crippen LogP contribution in [0.15, 0.2) is 0 Å². The first-order valence-corrected chi connectivity index (χ1v) is 7.17. The summed E-state index contributed by atoms with van der Waals surface area (Å²) in [6.07, 6.45) is 8.14. The van der Waals surface area contributed by atoms with Crippen LogP contribution in [0.2, 0.25) is 0 Å². The number of nitrogens with two attached hydrogens (primary N) is 1. The average molecular weight is 224 g/mol. The molecule has 2 aliphatic carbocycles. The standard InChI is InChI=1S/C14H28N2/c1-3-13-6-4-5-7-14(13,10-15)16-9-12-8-11(12)2/h11-13,16H,3-10,15H2,1-2H3. The minimum Gasteiger partial charge on any atom is -0.329 e. The molecule has 0 bridgehead atoms. The number of hydrogen-bond donors (Lipinski definition) is 2. The van der Waals surface area contributed by atoms with Crippen LogP contribution in [0.3, 0.4) is 0 Å². The van der Waals surface area contributed by atoms with E-state index in [1.165, 1.54) is 45.1 Å². The van der Waals surface area contributed by atoms with Crippen LogP contribution in [0.25, 0.3) is 0 Å². The summed E-state index contributed by atoms with van der Waals surface area (Å²) in [5.74, 6) is 2.69. The van der Waals surface area contributed by atoms with Crippen LogP contribution in [-0.4, -0.2) is 18.6 Å². The molecule has 2 saturated carbocycles. The summed E-state index contributed by atoms with van der Waals surface area (Å²) in [6, 6.07) is 0. The highest BCUT2D eigenvalue weighted by Crippen LogP contribution is 2.40. The normalized spacial score (nSPS) is 43.3. The maximum atomic E-state index is 6.08. The third kappa shape index (κ3) is 2.43. The van der Waals surface area contributed by atoms with E-state index < -0.39 is 0 Å². The lowest BCUT2D eigenvalue weighted by Crippen LogP contribution is -2.58. The van der Waals surface area contributed by atoms with E-state index in [-0.39, 0.29) is 5.54 Å². The van der Waals surface area contributed by atoms with Gasteiger partial charge in [-0.25, -0.2) is 0 Å². The van der Waals surface area contributed by atoms with Crippen molar-refractivity contribution in [1.29, 1.82) is 0 Å². The van der Waals surface area contributed by atoms with E-state index in [4.69, 9.17) is 5.73 Å². The van der Waals surface area contributed by atoms with E-state index >= 15 is 0 Å². The van der Waals surface area contributed by atoms with Crippen molar-refractivity contribution >= 4 is 0 Å². The van der Waals surface area contributed by atoms with Gasteiger partial charge in [-0.2, -0.15) is 0 Å². The zero-order valence-electron chi connectivity index (χ0n) is 11.0. The SMILES string of the molecule is CCC1CCCCC1(CN)NCC1CC1C. The lowest BCUT2D eigenvalue weighted by molar-refractivity contribution is 0.141. The molecule has 0 heterocycles. The quantitative estimate of drug-likeness (QED) is 0.753. The second kappa shape index (κ2) is 5.05. The van der Waals surface area contributed by atoms with Gasteiger partial charge in [-0.05, 0) is 43.6 Å². The van der Waals surface area contributed by atoms with E-state index in [1.807, 2.05) is 0 Å². The molecule has 4 unspecified atom stereocenters. The fourth-order valence-electron chi connectivity index (χ4n) is 3.50. The maximum absolute atomic E-state index is 6.08. The minimum atomic E-state index is 0.273. The van der Waals surface area contributed by atoms with Crippen molar-refractivity contribution in [3.8, 4) is 0 Å². The molecule has 16 heavy (non-hydrogen) atoms. The molecule has 2 heteroatoms. The Morgan fingerprint density at radius 1 is 1.38 bits per heavy atom. The molecule has 0 aromatic rings. The van der Waals surface area contributed by atoms with Crippen LogP contribution in [0.1, 0.15) is 52.4 Å². The first-order chi connectivity index (χ1) is 7.72. The first kappa shape index (κ1) is 12.4. The summed E-state index contributed by atoms with van der Waals surface area (Å²) in [6.45, 7) is 6.71. The maximum Gasteiger partial charge on any atom is 0.0332 e. The lowest BCUT2D eigenvalue weighted by atomic mass is 9.71. The van der Waals surface area contributed by atoms with Gasteiger partial charge in [0.05, 0.1) is 0 Å². The molecule has 0 amide bonds. The Balaban J connectivity index is 1.92. The van der Waals surface area contributed by atoms with E-state index in [0.717, 1.165) is 24.3 Å². The van der Waals surface area contributed by atoms with Crippen LogP contribution in [0, 0.1) is 17.8 Å². The zero-order valence-corrected chi connectivity index (χ0v) is 11.0. The third-order valence-corrected chi connectivity index (χ3v) is 5.06. The third-order valence-electron chi connectivity index (χ3n) is 5.06. The molecule has 0 aromatic carbocycles. The van der Waals surface area contributed by atoms with Crippen LogP contribution in [-0.2, 0) is 0 Å². The van der Waals surface area contributed by atoms with Gasteiger partial charge in [-0.15, -0.1) is 0 Å². The molecule has 4 atom stereocenters. The summed E-state index contributed by atoms with van der Waals surface area (Å²) >= 11 is 0. The Labute approximate surface area is 100 Å². The molecule has 0 saturated heterocycles. The van der Waals surface area contributed by atoms with Crippen LogP contribution >= 0.6 is 0 Å². The van der Waals surface area contributed by atoms with Gasteiger partial charge >= 0.3 is 0 Å². The predicted octanol–water partition coefficient (Wildman–Crippen LogP) is 2.53. The molecule has 2 fully saturated rings. The number of rotatable bonds is 5. The topological polar surface area (TPSA) is 38.0 Å². The van der Waals surface area contributed by atoms with Gasteiger partial charge in [0.1, 0.15) is 0 Å². The Bertz CT molecular complexity index is 229. The lowest BCUT2D eigenvalue weighted by Gasteiger charge is -2.44. The second-order valence-corrected chi connectivity index (χ2v) is 6.07. The smallest absolute Gasteiger partial charge is 0.0332 e. The van der Waals surface area contributed by atoms with Gasteiger partial charge in [0.2, 0.25) is 0 Å². The van der Waals surface area contributed by atoms with E-state index in [1.54, 1.807) is 0 Å². The summed E-state index contributed by atoms with van der Waals surface area (Å²) in [7, 11) is 0. The Morgan fingerprint density at radius 3 is 2.69 bits per heavy atom. The van der Waals surface area contributed by atoms with Crippen molar-refractivity contribution in [2.24, 2.45) is 23.5 Å². The molecule has 2 rings (SSSR count). The monoisotopic (exact) mass is 224 g/mol. The van der Waals surface area contributed by atoms with Crippen molar-refractivity contribution < 1.29 is 0 Å². The zero-order chi connectivity index (χ0) is 11.6. The molecule has 0 aromatic heterocycles. The van der Waals surface area contributed by atoms with E-state index in [2.05, 4.69) is 19.2 Å². The van der Waals surface area contributed by atoms with Crippen molar-refractivity contribution in [1.82, 2.24) is 5.32 Å². The first-order valence-electron chi connectivity index (χ1n) is 7.17. The van der Waals surface area contributed by atoms with Gasteiger partial charge in [-0.3, -0.25) is 0 Å². The predicted molar refractivity (Wildman–Crippen MR) is 69.3 cm³/mol. The number of nitrogens with one attached hydrogen (secondary N) is 1. The molecular formula is C14H28N2. The van der Waals surface area contributed by atoms with Crippen LogP contribution < -0.4 is 11.1 Å². The fraction of sp³-hybridized carbons (Fsp3) is 1.00. The fourth-order valence-corrected chi connectivity index (χ4v) is 3.50. The molecule has 0 aliphatic heterocycles. The van der Waals surface area contributed by atoms with Gasteiger partial charge in [0, 0.05) is 12.1 Å². The van der Waals surface area contributed by atoms with Crippen molar-refractivity contribution in [2.45, 2.75) is 57.9 Å². The minimum absolute atomic E-state index is 0.273.